The maximum absolute atomic E-state index is 13.7. The lowest BCUT2D eigenvalue weighted by Crippen LogP contribution is -2.55. The van der Waals surface area contributed by atoms with Gasteiger partial charge >= 0.3 is 18.4 Å². The van der Waals surface area contributed by atoms with Crippen LogP contribution in [0, 0.1) is 0 Å². The van der Waals surface area contributed by atoms with Crippen LogP contribution in [0.1, 0.15) is 67.1 Å². The number of benzene rings is 2. The van der Waals surface area contributed by atoms with Gasteiger partial charge in [0.1, 0.15) is 0 Å². The van der Waals surface area contributed by atoms with Gasteiger partial charge in [0.05, 0.1) is 23.2 Å². The van der Waals surface area contributed by atoms with E-state index in [1.54, 1.807) is 16.7 Å². The predicted octanol–water partition coefficient (Wildman–Crippen LogP) is 6.69. The lowest BCUT2D eigenvalue weighted by Gasteiger charge is -2.44. The molecule has 0 N–H and O–H groups in total. The summed E-state index contributed by atoms with van der Waals surface area (Å²) in [6.07, 6.45) is -9.01. The van der Waals surface area contributed by atoms with Crippen LogP contribution in [-0.2, 0) is 23.6 Å². The monoisotopic (exact) mass is 543 g/mol. The first-order chi connectivity index (χ1) is 17.7. The molecule has 0 spiro atoms. The van der Waals surface area contributed by atoms with Crippen LogP contribution in [0.25, 0.3) is 0 Å². The van der Waals surface area contributed by atoms with Crippen molar-refractivity contribution in [2.24, 2.45) is 0 Å². The minimum atomic E-state index is -4.99. The Balaban J connectivity index is 1.98. The molecule has 0 saturated carbocycles. The molecular formula is C27H31F6N3O2. The summed E-state index contributed by atoms with van der Waals surface area (Å²) in [5, 5.41) is 0. The highest BCUT2D eigenvalue weighted by atomic mass is 19.4. The van der Waals surface area contributed by atoms with Crippen LogP contribution >= 0.6 is 0 Å². The highest BCUT2D eigenvalue weighted by Gasteiger charge is 2.39. The van der Waals surface area contributed by atoms with Gasteiger partial charge in [-0.3, -0.25) is 4.79 Å². The van der Waals surface area contributed by atoms with Gasteiger partial charge in [0, 0.05) is 33.1 Å². The normalized spacial score (nSPS) is 17.4. The fraction of sp³-hybridized carbons (Fsp3) is 0.481. The van der Waals surface area contributed by atoms with Crippen LogP contribution in [0.4, 0.5) is 31.1 Å². The maximum atomic E-state index is 13.7. The van der Waals surface area contributed by atoms with Crippen LogP contribution in [0.2, 0.25) is 0 Å². The molecule has 208 valence electrons. The highest BCUT2D eigenvalue weighted by Crippen LogP contribution is 2.39. The van der Waals surface area contributed by atoms with E-state index in [0.29, 0.717) is 25.0 Å². The first-order valence-electron chi connectivity index (χ1n) is 12.4. The van der Waals surface area contributed by atoms with Gasteiger partial charge in [-0.1, -0.05) is 38.1 Å². The Morgan fingerprint density at radius 2 is 1.55 bits per heavy atom. The molecule has 38 heavy (non-hydrogen) atoms. The topological polar surface area (TPSA) is 43.9 Å². The van der Waals surface area contributed by atoms with Gasteiger partial charge in [-0.2, -0.15) is 26.3 Å². The van der Waals surface area contributed by atoms with E-state index in [-0.39, 0.29) is 37.2 Å². The number of aryl methyl sites for hydroxylation is 1. The van der Waals surface area contributed by atoms with Crippen molar-refractivity contribution in [1.82, 2.24) is 14.7 Å². The molecule has 0 bridgehead atoms. The van der Waals surface area contributed by atoms with E-state index >= 15 is 0 Å². The Kier molecular flexibility index (Phi) is 8.68. The van der Waals surface area contributed by atoms with E-state index in [1.807, 2.05) is 31.2 Å². The second kappa shape index (κ2) is 11.2. The number of alkyl halides is 6. The van der Waals surface area contributed by atoms with Crippen molar-refractivity contribution in [3.05, 3.63) is 70.3 Å². The van der Waals surface area contributed by atoms with Crippen LogP contribution in [-0.4, -0.2) is 53.3 Å². The van der Waals surface area contributed by atoms with E-state index in [1.165, 1.54) is 14.0 Å². The Morgan fingerprint density at radius 1 is 0.974 bits per heavy atom. The molecule has 1 aliphatic rings. The zero-order valence-corrected chi connectivity index (χ0v) is 21.7. The Labute approximate surface area is 218 Å². The first kappa shape index (κ1) is 29.3. The first-order valence-corrected chi connectivity index (χ1v) is 12.4. The number of carbonyl (C=O) groups excluding carboxylic acids is 2. The lowest BCUT2D eigenvalue weighted by atomic mass is 9.95. The molecule has 2 aromatic rings. The van der Waals surface area contributed by atoms with E-state index < -0.39 is 41.6 Å². The zero-order valence-electron chi connectivity index (χ0n) is 21.7. The van der Waals surface area contributed by atoms with Gasteiger partial charge < -0.3 is 14.7 Å². The Bertz CT molecular complexity index is 1130. The summed E-state index contributed by atoms with van der Waals surface area (Å²) in [6.45, 7) is 5.77. The van der Waals surface area contributed by atoms with E-state index in [0.717, 1.165) is 16.0 Å². The third-order valence-corrected chi connectivity index (χ3v) is 7.05. The number of nitrogens with zero attached hydrogens (tertiary/aromatic N) is 3. The molecule has 1 unspecified atom stereocenters. The van der Waals surface area contributed by atoms with Gasteiger partial charge in [-0.25, -0.2) is 4.79 Å². The molecule has 1 heterocycles. The number of carbonyl (C=O) groups is 2. The quantitative estimate of drug-likeness (QED) is 0.394. The van der Waals surface area contributed by atoms with Gasteiger partial charge in [0.15, 0.2) is 0 Å². The fourth-order valence-corrected chi connectivity index (χ4v) is 4.72. The van der Waals surface area contributed by atoms with Crippen LogP contribution in [0.15, 0.2) is 42.5 Å². The molecule has 1 aliphatic heterocycles. The molecule has 1 fully saturated rings. The van der Waals surface area contributed by atoms with Gasteiger partial charge in [-0.15, -0.1) is 0 Å². The number of hydrogen-bond acceptors (Lipinski definition) is 2. The number of hydrogen-bond donors (Lipinski definition) is 0. The van der Waals surface area contributed by atoms with Crippen LogP contribution < -0.4 is 0 Å². The molecule has 2 aromatic carbocycles. The van der Waals surface area contributed by atoms with Crippen molar-refractivity contribution in [3.63, 3.8) is 0 Å². The van der Waals surface area contributed by atoms with Crippen molar-refractivity contribution in [2.45, 2.75) is 58.0 Å². The summed E-state index contributed by atoms with van der Waals surface area (Å²) in [4.78, 5) is 30.5. The van der Waals surface area contributed by atoms with E-state index in [9.17, 15) is 35.9 Å². The summed E-state index contributed by atoms with van der Waals surface area (Å²) in [7, 11) is 1.35. The molecule has 2 atom stereocenters. The highest BCUT2D eigenvalue weighted by molar-refractivity contribution is 5.78. The van der Waals surface area contributed by atoms with Crippen molar-refractivity contribution < 1.29 is 35.9 Å². The van der Waals surface area contributed by atoms with Crippen LogP contribution in [0.5, 0.6) is 0 Å². The summed E-state index contributed by atoms with van der Waals surface area (Å²) in [5.74, 6) is -0.0681. The average Bonchev–Trinajstić information content (AvgIpc) is 2.89. The molecule has 0 radical (unpaired) electrons. The molecule has 0 aliphatic carbocycles. The molecule has 5 nitrogen and oxygen atoms in total. The van der Waals surface area contributed by atoms with Gasteiger partial charge in [0.2, 0.25) is 5.91 Å². The Hall–Kier alpha value is -3.24. The molecule has 1 saturated heterocycles. The average molecular weight is 544 g/mol. The number of amides is 3. The third-order valence-electron chi connectivity index (χ3n) is 7.05. The minimum absolute atomic E-state index is 0.0681. The number of rotatable bonds is 5. The van der Waals surface area contributed by atoms with Crippen LogP contribution in [0.3, 0.4) is 0 Å². The minimum Gasteiger partial charge on any atom is -0.339 e. The van der Waals surface area contributed by atoms with Crippen molar-refractivity contribution in [3.8, 4) is 0 Å². The van der Waals surface area contributed by atoms with Gasteiger partial charge in [0.25, 0.3) is 0 Å². The van der Waals surface area contributed by atoms with Gasteiger partial charge in [-0.05, 0) is 48.2 Å². The van der Waals surface area contributed by atoms with E-state index in [2.05, 4.69) is 0 Å². The zero-order chi connectivity index (χ0) is 28.4. The fourth-order valence-electron chi connectivity index (χ4n) is 4.72. The summed E-state index contributed by atoms with van der Waals surface area (Å²) < 4.78 is 80.4. The lowest BCUT2D eigenvalue weighted by molar-refractivity contribution is -0.143. The maximum Gasteiger partial charge on any atom is 0.416 e. The second-order valence-corrected chi connectivity index (χ2v) is 9.36. The standard InChI is InChI=1S/C27H31F6N3O2/c1-5-18-9-7-8-10-22(18)23-16-35(24(37)6-2)11-12-36(23)25(38)34(4)17(3)19-13-20(26(28,29)30)15-21(14-19)27(31,32)33/h7-10,13-15,17,23H,5-6,11-12,16H2,1-4H3/t17?,23-/m1/s1. The number of urea groups is 1. The predicted molar refractivity (Wildman–Crippen MR) is 130 cm³/mol. The van der Waals surface area contributed by atoms with E-state index in [4.69, 9.17) is 0 Å². The Morgan fingerprint density at radius 3 is 2.08 bits per heavy atom. The third kappa shape index (κ3) is 6.24. The van der Waals surface area contributed by atoms with Crippen molar-refractivity contribution >= 4 is 11.9 Å². The largest absolute Gasteiger partial charge is 0.416 e. The molecule has 3 amide bonds. The van der Waals surface area contributed by atoms with Crippen molar-refractivity contribution in [1.29, 1.82) is 0 Å². The summed E-state index contributed by atoms with van der Waals surface area (Å²) >= 11 is 0. The molecule has 11 heteroatoms. The molecule has 0 aromatic heterocycles. The summed E-state index contributed by atoms with van der Waals surface area (Å²) in [5.41, 5.74) is -1.33. The summed E-state index contributed by atoms with van der Waals surface area (Å²) in [6, 6.07) is 6.67. The SMILES string of the molecule is CCC(=O)N1CCN(C(=O)N(C)C(C)c2cc(C(F)(F)F)cc(C(F)(F)F)c2)[C@@H](c2ccccc2CC)C1. The number of halogens is 6. The molecule has 3 rings (SSSR count). The second-order valence-electron chi connectivity index (χ2n) is 9.36. The van der Waals surface area contributed by atoms with Crippen molar-refractivity contribution in [2.75, 3.05) is 26.7 Å². The number of piperazine rings is 1. The smallest absolute Gasteiger partial charge is 0.339 e. The molecular weight excluding hydrogens is 512 g/mol.